The first-order chi connectivity index (χ1) is 6.18. The fourth-order valence-corrected chi connectivity index (χ4v) is 1.14. The maximum atomic E-state index is 10.6. The van der Waals surface area contributed by atoms with E-state index < -0.39 is 5.97 Å². The average molecular weight is 177 g/mol. The normalized spacial score (nSPS) is 10.5. The van der Waals surface area contributed by atoms with Crippen LogP contribution in [0.25, 0.3) is 11.0 Å². The van der Waals surface area contributed by atoms with Crippen LogP contribution in [0.5, 0.6) is 0 Å². The lowest BCUT2D eigenvalue weighted by Crippen LogP contribution is -2.01. The highest BCUT2D eigenvalue weighted by molar-refractivity contribution is 5.88. The molecule has 0 aliphatic carbocycles. The van der Waals surface area contributed by atoms with Gasteiger partial charge in [-0.1, -0.05) is 0 Å². The molecule has 0 aromatic carbocycles. The van der Waals surface area contributed by atoms with E-state index in [0.29, 0.717) is 5.65 Å². The molecular weight excluding hydrogens is 170 g/mol. The van der Waals surface area contributed by atoms with Crippen molar-refractivity contribution >= 4 is 17.0 Å². The van der Waals surface area contributed by atoms with Gasteiger partial charge in [0.2, 0.25) is 0 Å². The Balaban J connectivity index is 2.72. The summed E-state index contributed by atoms with van der Waals surface area (Å²) in [7, 11) is 1.72. The molecule has 0 spiro atoms. The largest absolute Gasteiger partial charge is 0.477 e. The average Bonchev–Trinajstić information content (AvgIpc) is 2.47. The van der Waals surface area contributed by atoms with Crippen molar-refractivity contribution < 1.29 is 9.90 Å². The van der Waals surface area contributed by atoms with Gasteiger partial charge in [-0.25, -0.2) is 9.78 Å². The highest BCUT2D eigenvalue weighted by atomic mass is 16.4. The zero-order chi connectivity index (χ0) is 9.42. The van der Waals surface area contributed by atoms with Crippen LogP contribution < -0.4 is 0 Å². The third-order valence-corrected chi connectivity index (χ3v) is 1.80. The molecule has 5 heteroatoms. The molecule has 0 amide bonds. The SMILES string of the molecule is Cn1ncc2ccc(C(=O)O)nc21. The van der Waals surface area contributed by atoms with Gasteiger partial charge in [-0.3, -0.25) is 4.68 Å². The second-order valence-electron chi connectivity index (χ2n) is 2.68. The molecule has 0 unspecified atom stereocenters. The third-order valence-electron chi connectivity index (χ3n) is 1.80. The Kier molecular flexibility index (Phi) is 1.51. The fourth-order valence-electron chi connectivity index (χ4n) is 1.14. The number of hydrogen-bond acceptors (Lipinski definition) is 3. The number of carbonyl (C=O) groups is 1. The lowest BCUT2D eigenvalue weighted by atomic mass is 10.3. The lowest BCUT2D eigenvalue weighted by molar-refractivity contribution is 0.0691. The number of aromatic carboxylic acids is 1. The van der Waals surface area contributed by atoms with E-state index in [2.05, 4.69) is 10.1 Å². The topological polar surface area (TPSA) is 68.0 Å². The molecule has 66 valence electrons. The first-order valence-corrected chi connectivity index (χ1v) is 3.70. The van der Waals surface area contributed by atoms with Gasteiger partial charge >= 0.3 is 5.97 Å². The Morgan fingerprint density at radius 3 is 3.00 bits per heavy atom. The number of aromatic nitrogens is 3. The summed E-state index contributed by atoms with van der Waals surface area (Å²) in [6.45, 7) is 0. The lowest BCUT2D eigenvalue weighted by Gasteiger charge is -1.95. The highest BCUT2D eigenvalue weighted by Gasteiger charge is 2.07. The molecule has 0 aliphatic rings. The van der Waals surface area contributed by atoms with Gasteiger partial charge in [0.1, 0.15) is 0 Å². The number of nitrogens with zero attached hydrogens (tertiary/aromatic N) is 3. The smallest absolute Gasteiger partial charge is 0.354 e. The van der Waals surface area contributed by atoms with Crippen molar-refractivity contribution in [3.63, 3.8) is 0 Å². The van der Waals surface area contributed by atoms with Gasteiger partial charge in [-0.05, 0) is 12.1 Å². The van der Waals surface area contributed by atoms with Crippen molar-refractivity contribution in [2.24, 2.45) is 7.05 Å². The summed E-state index contributed by atoms with van der Waals surface area (Å²) in [6.07, 6.45) is 1.65. The van der Waals surface area contributed by atoms with Crippen LogP contribution in [0.4, 0.5) is 0 Å². The van der Waals surface area contributed by atoms with Crippen molar-refractivity contribution in [2.75, 3.05) is 0 Å². The van der Waals surface area contributed by atoms with E-state index >= 15 is 0 Å². The predicted octanol–water partition coefficient (Wildman–Crippen LogP) is 0.666. The number of aryl methyl sites for hydroxylation is 1. The maximum absolute atomic E-state index is 10.6. The molecule has 0 radical (unpaired) electrons. The zero-order valence-corrected chi connectivity index (χ0v) is 6.93. The summed E-state index contributed by atoms with van der Waals surface area (Å²) in [6, 6.07) is 3.16. The zero-order valence-electron chi connectivity index (χ0n) is 6.93. The van der Waals surface area contributed by atoms with E-state index in [0.717, 1.165) is 5.39 Å². The molecule has 0 saturated carbocycles. The van der Waals surface area contributed by atoms with E-state index in [1.165, 1.54) is 6.07 Å². The summed E-state index contributed by atoms with van der Waals surface area (Å²) in [5, 5.41) is 13.5. The van der Waals surface area contributed by atoms with Crippen LogP contribution in [-0.2, 0) is 7.05 Å². The Morgan fingerprint density at radius 1 is 1.54 bits per heavy atom. The van der Waals surface area contributed by atoms with Crippen molar-refractivity contribution in [3.8, 4) is 0 Å². The molecule has 0 atom stereocenters. The Labute approximate surface area is 73.6 Å². The van der Waals surface area contributed by atoms with Crippen LogP contribution in [0.15, 0.2) is 18.3 Å². The van der Waals surface area contributed by atoms with Crippen LogP contribution in [0.1, 0.15) is 10.5 Å². The minimum absolute atomic E-state index is 0.0381. The predicted molar refractivity (Wildman–Crippen MR) is 45.5 cm³/mol. The fraction of sp³-hybridized carbons (Fsp3) is 0.125. The van der Waals surface area contributed by atoms with E-state index in [4.69, 9.17) is 5.11 Å². The van der Waals surface area contributed by atoms with E-state index in [1.54, 1.807) is 24.0 Å². The van der Waals surface area contributed by atoms with Crippen molar-refractivity contribution in [3.05, 3.63) is 24.0 Å². The number of carboxylic acid groups (broad SMARTS) is 1. The molecule has 0 bridgehead atoms. The highest BCUT2D eigenvalue weighted by Crippen LogP contribution is 2.10. The number of hydrogen-bond donors (Lipinski definition) is 1. The number of pyridine rings is 1. The minimum atomic E-state index is -1.02. The maximum Gasteiger partial charge on any atom is 0.354 e. The molecule has 0 saturated heterocycles. The monoisotopic (exact) mass is 177 g/mol. The second kappa shape index (κ2) is 2.55. The molecule has 5 nitrogen and oxygen atoms in total. The van der Waals surface area contributed by atoms with Gasteiger partial charge in [0.15, 0.2) is 11.3 Å². The molecule has 2 rings (SSSR count). The molecular formula is C8H7N3O2. The van der Waals surface area contributed by atoms with Gasteiger partial charge < -0.3 is 5.11 Å². The molecule has 2 aromatic rings. The summed E-state index contributed by atoms with van der Waals surface area (Å²) < 4.78 is 1.54. The van der Waals surface area contributed by atoms with Crippen LogP contribution in [0.2, 0.25) is 0 Å². The second-order valence-corrected chi connectivity index (χ2v) is 2.68. The Morgan fingerprint density at radius 2 is 2.31 bits per heavy atom. The van der Waals surface area contributed by atoms with Gasteiger partial charge in [0.25, 0.3) is 0 Å². The van der Waals surface area contributed by atoms with Crippen LogP contribution in [-0.4, -0.2) is 25.8 Å². The minimum Gasteiger partial charge on any atom is -0.477 e. The first kappa shape index (κ1) is 7.72. The molecule has 0 fully saturated rings. The van der Waals surface area contributed by atoms with Crippen molar-refractivity contribution in [2.45, 2.75) is 0 Å². The molecule has 2 aromatic heterocycles. The molecule has 1 N–H and O–H groups in total. The summed E-state index contributed by atoms with van der Waals surface area (Å²) in [4.78, 5) is 14.5. The van der Waals surface area contributed by atoms with E-state index in [9.17, 15) is 4.79 Å². The van der Waals surface area contributed by atoms with Gasteiger partial charge in [0, 0.05) is 12.4 Å². The molecule has 0 aliphatic heterocycles. The number of rotatable bonds is 1. The van der Waals surface area contributed by atoms with Crippen LogP contribution in [0, 0.1) is 0 Å². The number of carboxylic acids is 1. The van der Waals surface area contributed by atoms with Crippen molar-refractivity contribution in [1.29, 1.82) is 0 Å². The quantitative estimate of drug-likeness (QED) is 0.695. The van der Waals surface area contributed by atoms with Crippen molar-refractivity contribution in [1.82, 2.24) is 14.8 Å². The van der Waals surface area contributed by atoms with E-state index in [1.807, 2.05) is 0 Å². The molecule has 2 heterocycles. The van der Waals surface area contributed by atoms with Gasteiger partial charge in [-0.15, -0.1) is 0 Å². The molecule has 13 heavy (non-hydrogen) atoms. The number of fused-ring (bicyclic) bond motifs is 1. The van der Waals surface area contributed by atoms with Crippen LogP contribution >= 0.6 is 0 Å². The summed E-state index contributed by atoms with van der Waals surface area (Å²) >= 11 is 0. The van der Waals surface area contributed by atoms with Crippen LogP contribution in [0.3, 0.4) is 0 Å². The Hall–Kier alpha value is -1.91. The van der Waals surface area contributed by atoms with Gasteiger partial charge in [0.05, 0.1) is 6.20 Å². The summed E-state index contributed by atoms with van der Waals surface area (Å²) in [5.41, 5.74) is 0.621. The third kappa shape index (κ3) is 1.14. The standard InChI is InChI=1S/C8H7N3O2/c1-11-7-5(4-9-11)2-3-6(10-7)8(12)13/h2-4H,1H3,(H,12,13). The van der Waals surface area contributed by atoms with E-state index in [-0.39, 0.29) is 5.69 Å². The summed E-state index contributed by atoms with van der Waals surface area (Å²) in [5.74, 6) is -1.02. The van der Waals surface area contributed by atoms with Gasteiger partial charge in [-0.2, -0.15) is 5.10 Å². The Bertz CT molecular complexity index is 475. The first-order valence-electron chi connectivity index (χ1n) is 3.70.